The molecule has 0 radical (unpaired) electrons. The van der Waals surface area contributed by atoms with Crippen LogP contribution in [0.1, 0.15) is 50.8 Å². The van der Waals surface area contributed by atoms with Gasteiger partial charge in [-0.3, -0.25) is 0 Å². The first-order valence-electron chi connectivity index (χ1n) is 7.58. The van der Waals surface area contributed by atoms with Crippen molar-refractivity contribution in [3.8, 4) is 0 Å². The minimum atomic E-state index is 0.594. The minimum Gasteiger partial charge on any atom is -0.356 e. The smallest absolute Gasteiger partial charge is 0.129 e. The average molecular weight is 261 g/mol. The van der Waals surface area contributed by atoms with Crippen molar-refractivity contribution in [1.82, 2.24) is 4.98 Å². The van der Waals surface area contributed by atoms with E-state index >= 15 is 0 Å². The Labute approximate surface area is 117 Å². The maximum Gasteiger partial charge on any atom is 0.129 e. The Kier molecular flexibility index (Phi) is 4.81. The third kappa shape index (κ3) is 3.27. The van der Waals surface area contributed by atoms with Gasteiger partial charge in [-0.25, -0.2) is 4.98 Å². The maximum absolute atomic E-state index is 5.80. The normalized spacial score (nSPS) is 23.4. The second-order valence-corrected chi connectivity index (χ2v) is 5.82. The molecule has 2 unspecified atom stereocenters. The molecule has 2 N–H and O–H groups in total. The number of anilines is 1. The number of aromatic nitrogens is 1. The predicted octanol–water partition coefficient (Wildman–Crippen LogP) is 3.12. The molecule has 1 saturated carbocycles. The molecule has 2 rings (SSSR count). The molecule has 106 valence electrons. The lowest BCUT2D eigenvalue weighted by molar-refractivity contribution is 0.320. The molecule has 0 amide bonds. The van der Waals surface area contributed by atoms with E-state index in [1.165, 1.54) is 31.2 Å². The highest BCUT2D eigenvalue weighted by atomic mass is 15.2. The molecule has 0 saturated heterocycles. The Hall–Kier alpha value is -1.09. The summed E-state index contributed by atoms with van der Waals surface area (Å²) in [6.45, 7) is 5.11. The van der Waals surface area contributed by atoms with Crippen molar-refractivity contribution in [3.05, 3.63) is 23.4 Å². The summed E-state index contributed by atoms with van der Waals surface area (Å²) < 4.78 is 0. The maximum atomic E-state index is 5.80. The van der Waals surface area contributed by atoms with Gasteiger partial charge in [-0.1, -0.05) is 26.7 Å². The van der Waals surface area contributed by atoms with E-state index in [-0.39, 0.29) is 0 Å². The van der Waals surface area contributed by atoms with Crippen molar-refractivity contribution >= 4 is 5.82 Å². The zero-order chi connectivity index (χ0) is 13.8. The van der Waals surface area contributed by atoms with Crippen LogP contribution >= 0.6 is 0 Å². The van der Waals surface area contributed by atoms with Crippen molar-refractivity contribution in [3.63, 3.8) is 0 Å². The monoisotopic (exact) mass is 261 g/mol. The molecule has 3 heteroatoms. The first-order valence-corrected chi connectivity index (χ1v) is 7.58. The summed E-state index contributed by atoms with van der Waals surface area (Å²) >= 11 is 0. The zero-order valence-electron chi connectivity index (χ0n) is 12.5. The highest BCUT2D eigenvalue weighted by Gasteiger charge is 2.25. The Bertz CT molecular complexity index is 394. The van der Waals surface area contributed by atoms with Crippen LogP contribution in [0.4, 0.5) is 5.82 Å². The van der Waals surface area contributed by atoms with Gasteiger partial charge in [0.1, 0.15) is 5.82 Å². The van der Waals surface area contributed by atoms with Crippen molar-refractivity contribution in [1.29, 1.82) is 0 Å². The number of aryl methyl sites for hydroxylation is 1. The lowest BCUT2D eigenvalue weighted by atomic mass is 9.85. The van der Waals surface area contributed by atoms with Crippen LogP contribution in [0.5, 0.6) is 0 Å². The van der Waals surface area contributed by atoms with Gasteiger partial charge in [0, 0.05) is 25.3 Å². The summed E-state index contributed by atoms with van der Waals surface area (Å²) in [5, 5.41) is 0. The largest absolute Gasteiger partial charge is 0.356 e. The van der Waals surface area contributed by atoms with Crippen LogP contribution in [0.15, 0.2) is 12.1 Å². The number of rotatable bonds is 4. The molecule has 2 atom stereocenters. The van der Waals surface area contributed by atoms with E-state index < -0.39 is 0 Å². The second-order valence-electron chi connectivity index (χ2n) is 5.82. The molecule has 1 aliphatic rings. The van der Waals surface area contributed by atoms with Gasteiger partial charge in [0.25, 0.3) is 0 Å². The molecule has 1 aromatic rings. The molecule has 1 aliphatic carbocycles. The van der Waals surface area contributed by atoms with Gasteiger partial charge in [-0.2, -0.15) is 0 Å². The summed E-state index contributed by atoms with van der Waals surface area (Å²) in [5.41, 5.74) is 8.14. The van der Waals surface area contributed by atoms with Crippen LogP contribution in [-0.4, -0.2) is 18.1 Å². The minimum absolute atomic E-state index is 0.594. The third-order valence-corrected chi connectivity index (χ3v) is 4.45. The van der Waals surface area contributed by atoms with E-state index in [1.54, 1.807) is 0 Å². The Morgan fingerprint density at radius 3 is 2.68 bits per heavy atom. The topological polar surface area (TPSA) is 42.1 Å². The van der Waals surface area contributed by atoms with Gasteiger partial charge in [-0.05, 0) is 42.9 Å². The first kappa shape index (κ1) is 14.3. The standard InChI is InChI=1S/C16H27N3/c1-4-14-9-13(11-17)10-16(18-14)19(3)15-8-6-5-7-12(15)2/h9-10,12,15H,4-8,11,17H2,1-3H3. The number of hydrogen-bond acceptors (Lipinski definition) is 3. The van der Waals surface area contributed by atoms with E-state index in [4.69, 9.17) is 10.7 Å². The van der Waals surface area contributed by atoms with Gasteiger partial charge < -0.3 is 10.6 Å². The van der Waals surface area contributed by atoms with Crippen molar-refractivity contribution in [2.75, 3.05) is 11.9 Å². The molecular formula is C16H27N3. The molecule has 0 spiro atoms. The molecule has 19 heavy (non-hydrogen) atoms. The fraction of sp³-hybridized carbons (Fsp3) is 0.688. The van der Waals surface area contributed by atoms with Crippen LogP contribution in [0.25, 0.3) is 0 Å². The van der Waals surface area contributed by atoms with Crippen LogP contribution in [0.3, 0.4) is 0 Å². The summed E-state index contributed by atoms with van der Waals surface area (Å²) in [7, 11) is 2.19. The summed E-state index contributed by atoms with van der Waals surface area (Å²) in [5.74, 6) is 1.85. The molecule has 0 aliphatic heterocycles. The van der Waals surface area contributed by atoms with Crippen LogP contribution in [0.2, 0.25) is 0 Å². The Morgan fingerprint density at radius 1 is 1.32 bits per heavy atom. The van der Waals surface area contributed by atoms with E-state index in [0.29, 0.717) is 12.6 Å². The second kappa shape index (κ2) is 6.38. The SMILES string of the molecule is CCc1cc(CN)cc(N(C)C2CCCCC2C)n1. The van der Waals surface area contributed by atoms with E-state index in [1.807, 2.05) is 0 Å². The molecule has 3 nitrogen and oxygen atoms in total. The summed E-state index contributed by atoms with van der Waals surface area (Å²) in [6.07, 6.45) is 6.31. The Balaban J connectivity index is 2.24. The predicted molar refractivity (Wildman–Crippen MR) is 81.3 cm³/mol. The van der Waals surface area contributed by atoms with Crippen molar-refractivity contribution in [2.45, 2.75) is 58.5 Å². The van der Waals surface area contributed by atoms with Gasteiger partial charge >= 0.3 is 0 Å². The zero-order valence-corrected chi connectivity index (χ0v) is 12.5. The molecule has 0 bridgehead atoms. The quantitative estimate of drug-likeness (QED) is 0.905. The number of hydrogen-bond donors (Lipinski definition) is 1. The molecule has 0 aromatic carbocycles. The molecule has 1 aromatic heterocycles. The van der Waals surface area contributed by atoms with Crippen LogP contribution in [-0.2, 0) is 13.0 Å². The van der Waals surface area contributed by atoms with E-state index in [9.17, 15) is 0 Å². The lowest BCUT2D eigenvalue weighted by Crippen LogP contribution is -2.39. The number of pyridine rings is 1. The molecule has 1 heterocycles. The number of nitrogens with zero attached hydrogens (tertiary/aromatic N) is 2. The lowest BCUT2D eigenvalue weighted by Gasteiger charge is -2.37. The fourth-order valence-corrected chi connectivity index (χ4v) is 3.15. The van der Waals surface area contributed by atoms with Crippen LogP contribution < -0.4 is 10.6 Å². The summed E-state index contributed by atoms with van der Waals surface area (Å²) in [4.78, 5) is 7.16. The highest BCUT2D eigenvalue weighted by molar-refractivity contribution is 5.43. The number of nitrogens with two attached hydrogens (primary N) is 1. The average Bonchev–Trinajstić information content (AvgIpc) is 2.46. The fourth-order valence-electron chi connectivity index (χ4n) is 3.15. The van der Waals surface area contributed by atoms with E-state index in [2.05, 4.69) is 37.9 Å². The third-order valence-electron chi connectivity index (χ3n) is 4.45. The summed E-state index contributed by atoms with van der Waals surface area (Å²) in [6, 6.07) is 4.90. The molecular weight excluding hydrogens is 234 g/mol. The van der Waals surface area contributed by atoms with E-state index in [0.717, 1.165) is 23.9 Å². The first-order chi connectivity index (χ1) is 9.15. The van der Waals surface area contributed by atoms with Gasteiger partial charge in [0.05, 0.1) is 0 Å². The Morgan fingerprint density at radius 2 is 2.05 bits per heavy atom. The van der Waals surface area contributed by atoms with Crippen molar-refractivity contribution < 1.29 is 0 Å². The van der Waals surface area contributed by atoms with Crippen molar-refractivity contribution in [2.24, 2.45) is 11.7 Å². The van der Waals surface area contributed by atoms with Gasteiger partial charge in [0.2, 0.25) is 0 Å². The van der Waals surface area contributed by atoms with Gasteiger partial charge in [0.15, 0.2) is 0 Å². The molecule has 1 fully saturated rings. The van der Waals surface area contributed by atoms with Gasteiger partial charge in [-0.15, -0.1) is 0 Å². The van der Waals surface area contributed by atoms with Crippen LogP contribution in [0, 0.1) is 5.92 Å². The highest BCUT2D eigenvalue weighted by Crippen LogP contribution is 2.30.